The van der Waals surface area contributed by atoms with Crippen molar-refractivity contribution < 1.29 is 9.59 Å². The zero-order valence-electron chi connectivity index (χ0n) is 15.9. The molecular formula is C21H26N4O2. The van der Waals surface area contributed by atoms with Crippen molar-refractivity contribution >= 4 is 28.9 Å². The van der Waals surface area contributed by atoms with Gasteiger partial charge in [-0.15, -0.1) is 0 Å². The SMILES string of the molecule is CCN1CCN(c2ccccc2NC(=O)c2ccc(NC(C)=O)cc2)CC1. The van der Waals surface area contributed by atoms with Gasteiger partial charge >= 0.3 is 0 Å². The Hall–Kier alpha value is -2.86. The zero-order valence-corrected chi connectivity index (χ0v) is 15.9. The Balaban J connectivity index is 1.70. The lowest BCUT2D eigenvalue weighted by Gasteiger charge is -2.36. The quantitative estimate of drug-likeness (QED) is 0.854. The van der Waals surface area contributed by atoms with E-state index in [0.29, 0.717) is 11.3 Å². The fourth-order valence-corrected chi connectivity index (χ4v) is 3.26. The number of hydrogen-bond acceptors (Lipinski definition) is 4. The Morgan fingerprint density at radius 2 is 1.59 bits per heavy atom. The predicted molar refractivity (Wildman–Crippen MR) is 109 cm³/mol. The van der Waals surface area contributed by atoms with Gasteiger partial charge in [-0.3, -0.25) is 9.59 Å². The van der Waals surface area contributed by atoms with Crippen molar-refractivity contribution in [3.63, 3.8) is 0 Å². The van der Waals surface area contributed by atoms with E-state index in [1.165, 1.54) is 6.92 Å². The molecule has 0 aliphatic carbocycles. The molecular weight excluding hydrogens is 340 g/mol. The second kappa shape index (κ2) is 8.68. The molecule has 0 unspecified atom stereocenters. The Morgan fingerprint density at radius 3 is 2.22 bits per heavy atom. The van der Waals surface area contributed by atoms with E-state index in [4.69, 9.17) is 0 Å². The number of likely N-dealkylation sites (N-methyl/N-ethyl adjacent to an activating group) is 1. The van der Waals surface area contributed by atoms with E-state index in [2.05, 4.69) is 33.4 Å². The molecule has 6 heteroatoms. The molecule has 1 aliphatic rings. The molecule has 0 atom stereocenters. The van der Waals surface area contributed by atoms with Gasteiger partial charge in [-0.2, -0.15) is 0 Å². The molecule has 27 heavy (non-hydrogen) atoms. The van der Waals surface area contributed by atoms with E-state index in [1.54, 1.807) is 24.3 Å². The van der Waals surface area contributed by atoms with Gasteiger partial charge in [-0.05, 0) is 42.9 Å². The van der Waals surface area contributed by atoms with Crippen molar-refractivity contribution in [3.8, 4) is 0 Å². The summed E-state index contributed by atoms with van der Waals surface area (Å²) >= 11 is 0. The van der Waals surface area contributed by atoms with Crippen LogP contribution in [0, 0.1) is 0 Å². The average molecular weight is 366 g/mol. The minimum Gasteiger partial charge on any atom is -0.367 e. The highest BCUT2D eigenvalue weighted by molar-refractivity contribution is 6.06. The van der Waals surface area contributed by atoms with E-state index >= 15 is 0 Å². The summed E-state index contributed by atoms with van der Waals surface area (Å²) in [5.41, 5.74) is 3.10. The molecule has 2 amide bonds. The number of amides is 2. The lowest BCUT2D eigenvalue weighted by atomic mass is 10.1. The van der Waals surface area contributed by atoms with Gasteiger partial charge in [0.15, 0.2) is 0 Å². The van der Waals surface area contributed by atoms with E-state index < -0.39 is 0 Å². The lowest BCUT2D eigenvalue weighted by Crippen LogP contribution is -2.46. The number of carbonyl (C=O) groups excluding carboxylic acids is 2. The fraction of sp³-hybridized carbons (Fsp3) is 0.333. The summed E-state index contributed by atoms with van der Waals surface area (Å²) in [7, 11) is 0. The van der Waals surface area contributed by atoms with Crippen molar-refractivity contribution in [1.29, 1.82) is 0 Å². The molecule has 1 saturated heterocycles. The summed E-state index contributed by atoms with van der Waals surface area (Å²) < 4.78 is 0. The number of benzene rings is 2. The van der Waals surface area contributed by atoms with Gasteiger partial charge in [-0.1, -0.05) is 19.1 Å². The van der Waals surface area contributed by atoms with Crippen LogP contribution in [0.3, 0.4) is 0 Å². The molecule has 0 saturated carbocycles. The van der Waals surface area contributed by atoms with Crippen LogP contribution < -0.4 is 15.5 Å². The summed E-state index contributed by atoms with van der Waals surface area (Å²) in [5.74, 6) is -0.298. The third kappa shape index (κ3) is 4.86. The van der Waals surface area contributed by atoms with Gasteiger partial charge in [0.2, 0.25) is 5.91 Å². The second-order valence-electron chi connectivity index (χ2n) is 6.65. The standard InChI is InChI=1S/C21H26N4O2/c1-3-24-12-14-25(15-13-24)20-7-5-4-6-19(20)23-21(27)17-8-10-18(11-9-17)22-16(2)26/h4-11H,3,12-15H2,1-2H3,(H,22,26)(H,23,27). The first-order chi connectivity index (χ1) is 13.1. The maximum Gasteiger partial charge on any atom is 0.255 e. The first-order valence-electron chi connectivity index (χ1n) is 9.32. The first kappa shape index (κ1) is 18.9. The highest BCUT2D eigenvalue weighted by atomic mass is 16.2. The smallest absolute Gasteiger partial charge is 0.255 e. The monoisotopic (exact) mass is 366 g/mol. The second-order valence-corrected chi connectivity index (χ2v) is 6.65. The molecule has 0 aromatic heterocycles. The molecule has 2 N–H and O–H groups in total. The number of rotatable bonds is 5. The third-order valence-corrected chi connectivity index (χ3v) is 4.78. The van der Waals surface area contributed by atoms with Crippen LogP contribution in [0.15, 0.2) is 48.5 Å². The van der Waals surface area contributed by atoms with Gasteiger partial charge in [0.1, 0.15) is 0 Å². The minimum absolute atomic E-state index is 0.135. The highest BCUT2D eigenvalue weighted by Crippen LogP contribution is 2.27. The van der Waals surface area contributed by atoms with Gasteiger partial charge in [0.05, 0.1) is 11.4 Å². The predicted octanol–water partition coefficient (Wildman–Crippen LogP) is 3.04. The fourth-order valence-electron chi connectivity index (χ4n) is 3.26. The molecule has 3 rings (SSSR count). The van der Waals surface area contributed by atoms with Crippen molar-refractivity contribution in [1.82, 2.24) is 4.90 Å². The normalized spacial score (nSPS) is 14.7. The van der Waals surface area contributed by atoms with E-state index in [1.807, 2.05) is 18.2 Å². The van der Waals surface area contributed by atoms with E-state index in [0.717, 1.165) is 44.1 Å². The summed E-state index contributed by atoms with van der Waals surface area (Å²) in [6, 6.07) is 14.8. The molecule has 142 valence electrons. The topological polar surface area (TPSA) is 64.7 Å². The van der Waals surface area contributed by atoms with Crippen LogP contribution in [0.5, 0.6) is 0 Å². The average Bonchev–Trinajstić information content (AvgIpc) is 2.68. The van der Waals surface area contributed by atoms with Crippen molar-refractivity contribution in [2.24, 2.45) is 0 Å². The van der Waals surface area contributed by atoms with Gasteiger partial charge in [0.25, 0.3) is 5.91 Å². The summed E-state index contributed by atoms with van der Waals surface area (Å²) in [6.45, 7) is 8.67. The van der Waals surface area contributed by atoms with Crippen molar-refractivity contribution in [2.45, 2.75) is 13.8 Å². The molecule has 1 heterocycles. The molecule has 6 nitrogen and oxygen atoms in total. The zero-order chi connectivity index (χ0) is 19.2. The maximum atomic E-state index is 12.7. The Kier molecular flexibility index (Phi) is 6.08. The number of anilines is 3. The van der Waals surface area contributed by atoms with Crippen LogP contribution in [0.1, 0.15) is 24.2 Å². The molecule has 1 fully saturated rings. The van der Waals surface area contributed by atoms with Crippen LogP contribution in [-0.2, 0) is 4.79 Å². The van der Waals surface area contributed by atoms with Gasteiger partial charge in [0, 0.05) is 44.4 Å². The number of para-hydroxylation sites is 2. The molecule has 1 aliphatic heterocycles. The molecule has 2 aromatic rings. The number of nitrogens with one attached hydrogen (secondary N) is 2. The lowest BCUT2D eigenvalue weighted by molar-refractivity contribution is -0.114. The largest absolute Gasteiger partial charge is 0.367 e. The molecule has 2 aromatic carbocycles. The minimum atomic E-state index is -0.163. The summed E-state index contributed by atoms with van der Waals surface area (Å²) in [5, 5.41) is 5.73. The first-order valence-corrected chi connectivity index (χ1v) is 9.32. The Morgan fingerprint density at radius 1 is 0.926 bits per heavy atom. The molecule has 0 spiro atoms. The van der Waals surface area contributed by atoms with Crippen LogP contribution >= 0.6 is 0 Å². The third-order valence-electron chi connectivity index (χ3n) is 4.78. The number of hydrogen-bond donors (Lipinski definition) is 2. The number of carbonyl (C=O) groups is 2. The van der Waals surface area contributed by atoms with Crippen LogP contribution in [-0.4, -0.2) is 49.4 Å². The van der Waals surface area contributed by atoms with E-state index in [-0.39, 0.29) is 11.8 Å². The Labute approximate surface area is 160 Å². The molecule has 0 bridgehead atoms. The van der Waals surface area contributed by atoms with Crippen LogP contribution in [0.25, 0.3) is 0 Å². The summed E-state index contributed by atoms with van der Waals surface area (Å²) in [6.07, 6.45) is 0. The van der Waals surface area contributed by atoms with Crippen LogP contribution in [0.4, 0.5) is 17.1 Å². The highest BCUT2D eigenvalue weighted by Gasteiger charge is 2.19. The number of piperazine rings is 1. The van der Waals surface area contributed by atoms with Gasteiger partial charge in [-0.25, -0.2) is 0 Å². The summed E-state index contributed by atoms with van der Waals surface area (Å²) in [4.78, 5) is 28.5. The van der Waals surface area contributed by atoms with Gasteiger partial charge < -0.3 is 20.4 Å². The van der Waals surface area contributed by atoms with E-state index in [9.17, 15) is 9.59 Å². The van der Waals surface area contributed by atoms with Crippen molar-refractivity contribution in [3.05, 3.63) is 54.1 Å². The Bertz CT molecular complexity index is 796. The maximum absolute atomic E-state index is 12.7. The number of nitrogens with zero attached hydrogens (tertiary/aromatic N) is 2. The van der Waals surface area contributed by atoms with Crippen LogP contribution in [0.2, 0.25) is 0 Å². The molecule has 0 radical (unpaired) electrons. The van der Waals surface area contributed by atoms with Crippen molar-refractivity contribution in [2.75, 3.05) is 48.3 Å².